The minimum atomic E-state index is -4.16. The number of pyridine rings is 1. The van der Waals surface area contributed by atoms with Crippen LogP contribution in [-0.2, 0) is 18.1 Å². The number of tetrazole rings is 1. The summed E-state index contributed by atoms with van der Waals surface area (Å²) >= 11 is 0. The lowest BCUT2D eigenvalue weighted by atomic mass is 9.84. The molecule has 0 bridgehead atoms. The Labute approximate surface area is 266 Å². The van der Waals surface area contributed by atoms with E-state index in [0.29, 0.717) is 54.5 Å². The van der Waals surface area contributed by atoms with Gasteiger partial charge in [-0.1, -0.05) is 18.2 Å². The van der Waals surface area contributed by atoms with Gasteiger partial charge in [0.15, 0.2) is 5.60 Å². The summed E-state index contributed by atoms with van der Waals surface area (Å²) in [6.45, 7) is 1.30. The van der Waals surface area contributed by atoms with Crippen LogP contribution in [0.3, 0.4) is 0 Å². The van der Waals surface area contributed by atoms with Gasteiger partial charge in [0.05, 0.1) is 18.2 Å². The Kier molecular flexibility index (Phi) is 8.40. The Morgan fingerprint density at radius 2 is 1.62 bits per heavy atom. The molecule has 14 heteroatoms. The van der Waals surface area contributed by atoms with Crippen LogP contribution in [0.15, 0.2) is 91.4 Å². The van der Waals surface area contributed by atoms with Crippen LogP contribution in [-0.4, -0.2) is 67.3 Å². The van der Waals surface area contributed by atoms with Gasteiger partial charge in [-0.3, -0.25) is 9.78 Å². The van der Waals surface area contributed by atoms with E-state index in [9.17, 15) is 18.7 Å². The lowest BCUT2D eigenvalue weighted by Crippen LogP contribution is -2.48. The Bertz CT molecular complexity index is 1910. The van der Waals surface area contributed by atoms with E-state index in [-0.39, 0.29) is 5.91 Å². The second kappa shape index (κ2) is 12.6. The van der Waals surface area contributed by atoms with Crippen LogP contribution in [0.5, 0.6) is 0 Å². The zero-order valence-electron chi connectivity index (χ0n) is 24.6. The van der Waals surface area contributed by atoms with Crippen LogP contribution < -0.4 is 4.90 Å². The molecule has 6 rings (SSSR count). The molecule has 2 aromatic heterocycles. The molecule has 3 heterocycles. The Morgan fingerprint density at radius 3 is 2.21 bits per heavy atom. The fraction of sp³-hybridized carbons (Fsp3) is 0.212. The highest BCUT2D eigenvalue weighted by atomic mass is 19.3. The molecule has 1 aliphatic rings. The monoisotopic (exact) mass is 642 g/mol. The largest absolute Gasteiger partial charge is 0.377 e. The van der Waals surface area contributed by atoms with Crippen molar-refractivity contribution in [3.8, 4) is 17.2 Å². The number of hydrogen-bond acceptors (Lipinski definition) is 8. The number of alkyl halides is 2. The first-order valence-corrected chi connectivity index (χ1v) is 14.5. The van der Waals surface area contributed by atoms with Gasteiger partial charge in [0.25, 0.3) is 5.91 Å². The minimum Gasteiger partial charge on any atom is -0.377 e. The van der Waals surface area contributed by atoms with Crippen molar-refractivity contribution in [3.63, 3.8) is 0 Å². The third-order valence-corrected chi connectivity index (χ3v) is 8.16. The molecule has 1 saturated heterocycles. The van der Waals surface area contributed by atoms with Gasteiger partial charge in [0, 0.05) is 60.8 Å². The molecule has 0 unspecified atom stereocenters. The van der Waals surface area contributed by atoms with Gasteiger partial charge in [0.2, 0.25) is 0 Å². The molecule has 10 nitrogen and oxygen atoms in total. The number of nitriles is 1. The third kappa shape index (κ3) is 6.12. The van der Waals surface area contributed by atoms with Crippen LogP contribution >= 0.6 is 0 Å². The summed E-state index contributed by atoms with van der Waals surface area (Å²) in [5.74, 6) is -6.62. The van der Waals surface area contributed by atoms with Crippen molar-refractivity contribution in [1.29, 1.82) is 5.26 Å². The molecule has 1 atom stereocenters. The highest BCUT2D eigenvalue weighted by Crippen LogP contribution is 2.47. The lowest BCUT2D eigenvalue weighted by Gasteiger charge is -2.36. The highest BCUT2D eigenvalue weighted by molar-refractivity contribution is 5.94. The normalized spacial score (nSPS) is 14.8. The molecule has 3 aromatic carbocycles. The van der Waals surface area contributed by atoms with Crippen molar-refractivity contribution >= 4 is 11.6 Å². The SMILES string of the molecule is N#Cc1ccc(C(=O)N2CCN(c3ccc(-c4ccc(C(F)(F)[C@](O)(Cn5cnnn5)c5ccc(F)cc5F)nc4)cc3)CC2)cc1. The molecular formula is C33H26F4N8O2. The fourth-order valence-electron chi connectivity index (χ4n) is 5.53. The molecule has 1 fully saturated rings. The topological polar surface area (TPSA) is 124 Å². The van der Waals surface area contributed by atoms with E-state index in [2.05, 4.69) is 25.4 Å². The summed E-state index contributed by atoms with van der Waals surface area (Å²) in [4.78, 5) is 20.7. The van der Waals surface area contributed by atoms with Gasteiger partial charge < -0.3 is 14.9 Å². The first-order chi connectivity index (χ1) is 22.6. The smallest absolute Gasteiger partial charge is 0.323 e. The molecule has 47 heavy (non-hydrogen) atoms. The van der Waals surface area contributed by atoms with E-state index < -0.39 is 41.0 Å². The lowest BCUT2D eigenvalue weighted by molar-refractivity contribution is -0.207. The van der Waals surface area contributed by atoms with E-state index in [0.717, 1.165) is 34.9 Å². The second-order valence-electron chi connectivity index (χ2n) is 11.0. The number of amides is 1. The van der Waals surface area contributed by atoms with Crippen molar-refractivity contribution < 1.29 is 27.5 Å². The Hall–Kier alpha value is -5.68. The average Bonchev–Trinajstić information content (AvgIpc) is 3.61. The van der Waals surface area contributed by atoms with Crippen LogP contribution in [0, 0.1) is 23.0 Å². The maximum atomic E-state index is 16.1. The number of rotatable bonds is 8. The zero-order chi connectivity index (χ0) is 33.2. The summed E-state index contributed by atoms with van der Waals surface area (Å²) in [5.41, 5.74) is -1.77. The first kappa shape index (κ1) is 31.3. The second-order valence-corrected chi connectivity index (χ2v) is 11.0. The van der Waals surface area contributed by atoms with Gasteiger partial charge >= 0.3 is 5.92 Å². The summed E-state index contributed by atoms with van der Waals surface area (Å²) < 4.78 is 61.3. The van der Waals surface area contributed by atoms with Gasteiger partial charge in [0.1, 0.15) is 23.7 Å². The standard InChI is InChI=1S/C33H26F4N8O2/c34-26-8-11-28(29(35)17-26)32(47,20-45-21-40-41-42-45)33(36,37)30-12-7-25(19-39-30)23-5-9-27(10-6-23)43-13-15-44(16-14-43)31(46)24-3-1-22(18-38)2-4-24/h1-12,17,19,21,47H,13-16,20H2/t32-/m0/s1. The molecule has 1 N–H and O–H groups in total. The van der Waals surface area contributed by atoms with E-state index >= 15 is 8.78 Å². The van der Waals surface area contributed by atoms with Crippen molar-refractivity contribution in [2.75, 3.05) is 31.1 Å². The summed E-state index contributed by atoms with van der Waals surface area (Å²) in [6, 6.07) is 20.4. The summed E-state index contributed by atoms with van der Waals surface area (Å²) in [6.07, 6.45) is 2.21. The molecule has 0 aliphatic carbocycles. The van der Waals surface area contributed by atoms with E-state index in [1.165, 1.54) is 12.3 Å². The van der Waals surface area contributed by atoms with Gasteiger partial charge in [-0.05, 0) is 70.6 Å². The Morgan fingerprint density at radius 1 is 0.915 bits per heavy atom. The van der Waals surface area contributed by atoms with Crippen LogP contribution in [0.25, 0.3) is 11.1 Å². The number of hydrogen-bond donors (Lipinski definition) is 1. The number of nitrogens with zero attached hydrogens (tertiary/aromatic N) is 8. The number of carbonyl (C=O) groups excluding carboxylic acids is 1. The van der Waals surface area contributed by atoms with Crippen molar-refractivity contribution in [2.45, 2.75) is 18.1 Å². The van der Waals surface area contributed by atoms with Crippen molar-refractivity contribution in [1.82, 2.24) is 30.1 Å². The molecule has 0 spiro atoms. The van der Waals surface area contributed by atoms with Crippen LogP contribution in [0.2, 0.25) is 0 Å². The van der Waals surface area contributed by atoms with Gasteiger partial charge in [-0.25, -0.2) is 13.5 Å². The number of piperazine rings is 1. The van der Waals surface area contributed by atoms with Crippen molar-refractivity contribution in [3.05, 3.63) is 125 Å². The van der Waals surface area contributed by atoms with Gasteiger partial charge in [-0.15, -0.1) is 5.10 Å². The molecule has 5 aromatic rings. The highest BCUT2D eigenvalue weighted by Gasteiger charge is 2.58. The number of halogens is 4. The first-order valence-electron chi connectivity index (χ1n) is 14.5. The molecule has 0 radical (unpaired) electrons. The van der Waals surface area contributed by atoms with Crippen LogP contribution in [0.1, 0.15) is 27.2 Å². The molecular weight excluding hydrogens is 616 g/mol. The van der Waals surface area contributed by atoms with E-state index in [1.54, 1.807) is 29.2 Å². The number of aliphatic hydroxyl groups is 1. The van der Waals surface area contributed by atoms with Crippen molar-refractivity contribution in [2.24, 2.45) is 0 Å². The predicted molar refractivity (Wildman–Crippen MR) is 161 cm³/mol. The van der Waals surface area contributed by atoms with E-state index in [4.69, 9.17) is 5.26 Å². The molecule has 0 saturated carbocycles. The fourth-order valence-corrected chi connectivity index (χ4v) is 5.53. The maximum absolute atomic E-state index is 16.1. The Balaban J connectivity index is 1.16. The van der Waals surface area contributed by atoms with Crippen LogP contribution in [0.4, 0.5) is 23.2 Å². The number of benzene rings is 3. The third-order valence-electron chi connectivity index (χ3n) is 8.16. The van der Waals surface area contributed by atoms with Gasteiger partial charge in [-0.2, -0.15) is 14.0 Å². The summed E-state index contributed by atoms with van der Waals surface area (Å²) in [7, 11) is 0. The summed E-state index contributed by atoms with van der Waals surface area (Å²) in [5, 5.41) is 30.6. The quantitative estimate of drug-likeness (QED) is 0.245. The zero-order valence-corrected chi connectivity index (χ0v) is 24.6. The average molecular weight is 643 g/mol. The number of carbonyl (C=O) groups is 1. The number of aromatic nitrogens is 5. The van der Waals surface area contributed by atoms with E-state index in [1.807, 2.05) is 30.3 Å². The molecule has 1 amide bonds. The molecule has 1 aliphatic heterocycles. The predicted octanol–water partition coefficient (Wildman–Crippen LogP) is 4.53. The maximum Gasteiger partial charge on any atom is 0.323 e. The number of anilines is 1. The molecule has 238 valence electrons. The minimum absolute atomic E-state index is 0.0948.